The van der Waals surface area contributed by atoms with Crippen molar-refractivity contribution in [1.29, 1.82) is 0 Å². The van der Waals surface area contributed by atoms with Crippen molar-refractivity contribution in [3.8, 4) is 0 Å². The number of nitrogens with two attached hydrogens (primary N) is 1. The lowest BCUT2D eigenvalue weighted by Gasteiger charge is -2.04. The average molecular weight is 220 g/mol. The Morgan fingerprint density at radius 1 is 1.38 bits per heavy atom. The first-order valence-corrected chi connectivity index (χ1v) is 4.58. The zero-order valence-corrected chi connectivity index (χ0v) is 8.60. The lowest BCUT2D eigenvalue weighted by molar-refractivity contribution is 0.0550. The van der Waals surface area contributed by atoms with E-state index in [1.165, 1.54) is 18.2 Å². The molecular weight excluding hydrogens is 208 g/mol. The molecule has 0 saturated carbocycles. The molecule has 16 heavy (non-hydrogen) atoms. The number of amides is 2. The first-order chi connectivity index (χ1) is 7.63. The number of esters is 1. The minimum absolute atomic E-state index is 0.167. The van der Waals surface area contributed by atoms with Crippen LogP contribution in [0.1, 0.15) is 10.4 Å². The summed E-state index contributed by atoms with van der Waals surface area (Å²) in [4.78, 5) is 21.9. The molecular formula is C11H12N2O3. The van der Waals surface area contributed by atoms with Gasteiger partial charge in [-0.2, -0.15) is 0 Å². The van der Waals surface area contributed by atoms with E-state index in [-0.39, 0.29) is 6.61 Å². The Hall–Kier alpha value is -2.30. The number of primary amides is 1. The molecule has 0 atom stereocenters. The van der Waals surface area contributed by atoms with Crippen LogP contribution in [0.25, 0.3) is 0 Å². The molecule has 0 radical (unpaired) electrons. The number of urea groups is 1. The van der Waals surface area contributed by atoms with Crippen LogP contribution < -0.4 is 11.1 Å². The maximum absolute atomic E-state index is 11.4. The van der Waals surface area contributed by atoms with Crippen LogP contribution in [0.5, 0.6) is 0 Å². The summed E-state index contributed by atoms with van der Waals surface area (Å²) in [5, 5.41) is 2.38. The predicted molar refractivity (Wildman–Crippen MR) is 60.1 cm³/mol. The van der Waals surface area contributed by atoms with E-state index in [1.807, 2.05) is 0 Å². The van der Waals surface area contributed by atoms with Gasteiger partial charge < -0.3 is 15.8 Å². The van der Waals surface area contributed by atoms with Crippen LogP contribution in [0, 0.1) is 0 Å². The highest BCUT2D eigenvalue weighted by Crippen LogP contribution is 2.10. The second-order valence-electron chi connectivity index (χ2n) is 2.95. The van der Waals surface area contributed by atoms with Crippen molar-refractivity contribution < 1.29 is 14.3 Å². The van der Waals surface area contributed by atoms with Gasteiger partial charge in [0.05, 0.1) is 5.56 Å². The molecule has 5 heteroatoms. The summed E-state index contributed by atoms with van der Waals surface area (Å²) >= 11 is 0. The third-order valence-corrected chi connectivity index (χ3v) is 1.72. The highest BCUT2D eigenvalue weighted by atomic mass is 16.5. The molecule has 2 amide bonds. The molecule has 0 bridgehead atoms. The van der Waals surface area contributed by atoms with Crippen LogP contribution in [0.3, 0.4) is 0 Å². The molecule has 0 aliphatic carbocycles. The number of nitrogens with one attached hydrogen (secondary N) is 1. The van der Waals surface area contributed by atoms with Crippen molar-refractivity contribution in [2.75, 3.05) is 11.9 Å². The smallest absolute Gasteiger partial charge is 0.338 e. The van der Waals surface area contributed by atoms with E-state index in [1.54, 1.807) is 12.1 Å². The number of carbonyl (C=O) groups excluding carboxylic acids is 2. The van der Waals surface area contributed by atoms with Gasteiger partial charge in [-0.3, -0.25) is 0 Å². The van der Waals surface area contributed by atoms with Crippen LogP contribution in [0.15, 0.2) is 36.9 Å². The van der Waals surface area contributed by atoms with Crippen LogP contribution in [0.2, 0.25) is 0 Å². The second-order valence-corrected chi connectivity index (χ2v) is 2.95. The summed E-state index contributed by atoms with van der Waals surface area (Å²) in [6, 6.07) is 5.56. The number of rotatable bonds is 4. The minimum Gasteiger partial charge on any atom is -0.458 e. The molecule has 84 valence electrons. The maximum atomic E-state index is 11.4. The monoisotopic (exact) mass is 220 g/mol. The number of ether oxygens (including phenoxy) is 1. The van der Waals surface area contributed by atoms with Crippen molar-refractivity contribution in [3.05, 3.63) is 42.5 Å². The van der Waals surface area contributed by atoms with Gasteiger partial charge in [-0.05, 0) is 24.3 Å². The molecule has 0 heterocycles. The fraction of sp³-hybridized carbons (Fsp3) is 0.0909. The largest absolute Gasteiger partial charge is 0.458 e. The zero-order chi connectivity index (χ0) is 12.0. The highest BCUT2D eigenvalue weighted by Gasteiger charge is 2.05. The third kappa shape index (κ3) is 3.45. The lowest BCUT2D eigenvalue weighted by Crippen LogP contribution is -2.19. The van der Waals surface area contributed by atoms with Crippen LogP contribution >= 0.6 is 0 Å². The van der Waals surface area contributed by atoms with Crippen molar-refractivity contribution in [1.82, 2.24) is 0 Å². The Morgan fingerprint density at radius 2 is 2.00 bits per heavy atom. The van der Waals surface area contributed by atoms with Gasteiger partial charge >= 0.3 is 12.0 Å². The van der Waals surface area contributed by atoms with Crippen molar-refractivity contribution in [2.24, 2.45) is 5.73 Å². The Labute approximate surface area is 92.9 Å². The quantitative estimate of drug-likeness (QED) is 0.596. The molecule has 1 aromatic rings. The van der Waals surface area contributed by atoms with E-state index in [2.05, 4.69) is 11.9 Å². The zero-order valence-electron chi connectivity index (χ0n) is 8.60. The normalized spacial score (nSPS) is 9.25. The summed E-state index contributed by atoms with van der Waals surface area (Å²) in [6.07, 6.45) is 1.49. The van der Waals surface area contributed by atoms with Gasteiger partial charge in [-0.1, -0.05) is 12.7 Å². The van der Waals surface area contributed by atoms with Gasteiger partial charge in [-0.25, -0.2) is 9.59 Å². The number of hydrogen-bond donors (Lipinski definition) is 2. The Bertz CT molecular complexity index is 398. The average Bonchev–Trinajstić information content (AvgIpc) is 2.26. The standard InChI is InChI=1S/C11H12N2O3/c1-2-7-16-10(14)8-3-5-9(6-4-8)13-11(12)15/h2-6H,1,7H2,(H3,12,13,15). The molecule has 3 N–H and O–H groups in total. The van der Waals surface area contributed by atoms with Crippen LogP contribution in [-0.2, 0) is 4.74 Å². The fourth-order valence-corrected chi connectivity index (χ4v) is 1.05. The third-order valence-electron chi connectivity index (χ3n) is 1.72. The first-order valence-electron chi connectivity index (χ1n) is 4.58. The molecule has 0 spiro atoms. The molecule has 0 fully saturated rings. The van der Waals surface area contributed by atoms with E-state index in [0.29, 0.717) is 11.3 Å². The van der Waals surface area contributed by atoms with Crippen molar-refractivity contribution >= 4 is 17.7 Å². The molecule has 0 unspecified atom stereocenters. The number of carbonyl (C=O) groups is 2. The minimum atomic E-state index is -0.651. The molecule has 1 rings (SSSR count). The Kier molecular flexibility index (Phi) is 4.08. The van der Waals surface area contributed by atoms with Gasteiger partial charge in [0.2, 0.25) is 0 Å². The van der Waals surface area contributed by atoms with E-state index in [4.69, 9.17) is 10.5 Å². The van der Waals surface area contributed by atoms with Crippen molar-refractivity contribution in [2.45, 2.75) is 0 Å². The first kappa shape index (κ1) is 11.8. The topological polar surface area (TPSA) is 81.4 Å². The summed E-state index contributed by atoms with van der Waals surface area (Å²) in [5.41, 5.74) is 5.86. The van der Waals surface area contributed by atoms with Crippen LogP contribution in [0.4, 0.5) is 10.5 Å². The van der Waals surface area contributed by atoms with Crippen LogP contribution in [-0.4, -0.2) is 18.6 Å². The molecule has 1 aromatic carbocycles. The van der Waals surface area contributed by atoms with Gasteiger partial charge in [0, 0.05) is 5.69 Å². The molecule has 0 aromatic heterocycles. The van der Waals surface area contributed by atoms with Crippen molar-refractivity contribution in [3.63, 3.8) is 0 Å². The van der Waals surface area contributed by atoms with E-state index in [9.17, 15) is 9.59 Å². The maximum Gasteiger partial charge on any atom is 0.338 e. The van der Waals surface area contributed by atoms with E-state index in [0.717, 1.165) is 0 Å². The Balaban J connectivity index is 2.66. The SMILES string of the molecule is C=CCOC(=O)c1ccc(NC(N)=O)cc1. The molecule has 0 aliphatic rings. The van der Waals surface area contributed by atoms with E-state index >= 15 is 0 Å². The number of hydrogen-bond acceptors (Lipinski definition) is 3. The van der Waals surface area contributed by atoms with Gasteiger partial charge in [0.1, 0.15) is 6.61 Å². The number of benzene rings is 1. The molecule has 0 aliphatic heterocycles. The Morgan fingerprint density at radius 3 is 2.50 bits per heavy atom. The van der Waals surface area contributed by atoms with Gasteiger partial charge in [0.15, 0.2) is 0 Å². The summed E-state index contributed by atoms with van der Waals surface area (Å²) < 4.78 is 4.83. The van der Waals surface area contributed by atoms with Gasteiger partial charge in [0.25, 0.3) is 0 Å². The predicted octanol–water partition coefficient (Wildman–Crippen LogP) is 1.52. The van der Waals surface area contributed by atoms with Gasteiger partial charge in [-0.15, -0.1) is 0 Å². The fourth-order valence-electron chi connectivity index (χ4n) is 1.05. The summed E-state index contributed by atoms with van der Waals surface area (Å²) in [6.45, 7) is 3.60. The second kappa shape index (κ2) is 5.55. The summed E-state index contributed by atoms with van der Waals surface area (Å²) in [5.74, 6) is -0.439. The number of anilines is 1. The molecule has 5 nitrogen and oxygen atoms in total. The highest BCUT2D eigenvalue weighted by molar-refractivity contribution is 5.91. The van der Waals surface area contributed by atoms with E-state index < -0.39 is 12.0 Å². The summed E-state index contributed by atoms with van der Waals surface area (Å²) in [7, 11) is 0. The molecule has 0 saturated heterocycles. The lowest BCUT2D eigenvalue weighted by atomic mass is 10.2.